The number of amides is 1. The molecule has 41 heavy (non-hydrogen) atoms. The number of carbonyl (C=O) groups excluding carboxylic acids is 1. The second-order valence-electron chi connectivity index (χ2n) is 10.9. The van der Waals surface area contributed by atoms with E-state index in [0.717, 1.165) is 67.2 Å². The summed E-state index contributed by atoms with van der Waals surface area (Å²) in [7, 11) is 0. The van der Waals surface area contributed by atoms with Crippen LogP contribution in [0.5, 0.6) is 5.75 Å². The van der Waals surface area contributed by atoms with E-state index in [1.807, 2.05) is 23.1 Å². The molecule has 0 radical (unpaired) electrons. The lowest BCUT2D eigenvalue weighted by Gasteiger charge is -2.49. The Kier molecular flexibility index (Phi) is 3.84. The number of hydrogen-bond donors (Lipinski definition) is 0. The summed E-state index contributed by atoms with van der Waals surface area (Å²) in [4.78, 5) is 20.4. The predicted molar refractivity (Wildman–Crippen MR) is 166 cm³/mol. The summed E-state index contributed by atoms with van der Waals surface area (Å²) < 4.78 is 5.99. The number of para-hydroxylation sites is 2. The van der Waals surface area contributed by atoms with Crippen LogP contribution in [-0.4, -0.2) is 12.8 Å². The zero-order valence-electron chi connectivity index (χ0n) is 21.8. The monoisotopic (exact) mass is 525 g/mol. The molecule has 0 fully saturated rings. The Labute approximate surface area is 236 Å². The Morgan fingerprint density at radius 3 is 1.66 bits per heavy atom. The Bertz CT molecular complexity index is 2130. The smallest absolute Gasteiger partial charge is 0.409 e. The molecule has 6 aromatic carbocycles. The van der Waals surface area contributed by atoms with E-state index in [1.54, 1.807) is 0 Å². The number of carbonyl (C=O) groups is 1. The van der Waals surface area contributed by atoms with Crippen molar-refractivity contribution in [2.45, 2.75) is 0 Å². The van der Waals surface area contributed by atoms with Crippen molar-refractivity contribution in [1.82, 2.24) is 0 Å². The molecule has 0 bridgehead atoms. The average molecular weight is 525 g/mol. The third-order valence-electron chi connectivity index (χ3n) is 8.94. The zero-order valence-corrected chi connectivity index (χ0v) is 21.8. The molecule has 10 rings (SSSR count). The second kappa shape index (κ2) is 7.37. The molecule has 0 N–H and O–H groups in total. The minimum absolute atomic E-state index is 0.0306. The van der Waals surface area contributed by atoms with Gasteiger partial charge in [0.15, 0.2) is 0 Å². The van der Waals surface area contributed by atoms with Gasteiger partial charge in [0.2, 0.25) is 0 Å². The van der Waals surface area contributed by atoms with Crippen molar-refractivity contribution in [2.75, 3.05) is 14.7 Å². The molecule has 0 unspecified atom stereocenters. The third kappa shape index (κ3) is 2.51. The van der Waals surface area contributed by atoms with Crippen LogP contribution in [0.1, 0.15) is 0 Å². The summed E-state index contributed by atoms with van der Waals surface area (Å²) in [6, 6.07) is 42.2. The fourth-order valence-electron chi connectivity index (χ4n) is 7.50. The van der Waals surface area contributed by atoms with Crippen molar-refractivity contribution in [3.05, 3.63) is 121 Å². The maximum Gasteiger partial charge on any atom is 0.424 e. The SMILES string of the molecule is O=C1Oc2cccc3cc4c5c(c23)N1c1cccc2c1B5c1c(cccc1N4c1ccccc1)N2c1ccccc1. The van der Waals surface area contributed by atoms with E-state index in [4.69, 9.17) is 4.74 Å². The van der Waals surface area contributed by atoms with Crippen LogP contribution in [0.2, 0.25) is 0 Å². The first-order valence-corrected chi connectivity index (χ1v) is 13.9. The Morgan fingerprint density at radius 1 is 0.512 bits per heavy atom. The van der Waals surface area contributed by atoms with E-state index in [-0.39, 0.29) is 12.8 Å². The highest BCUT2D eigenvalue weighted by atomic mass is 16.6. The second-order valence-corrected chi connectivity index (χ2v) is 10.9. The third-order valence-corrected chi connectivity index (χ3v) is 8.94. The van der Waals surface area contributed by atoms with E-state index in [1.165, 1.54) is 5.46 Å². The van der Waals surface area contributed by atoms with Gasteiger partial charge in [0, 0.05) is 45.2 Å². The highest BCUT2D eigenvalue weighted by Gasteiger charge is 2.51. The lowest BCUT2D eigenvalue weighted by Crippen LogP contribution is -2.66. The molecule has 190 valence electrons. The van der Waals surface area contributed by atoms with Crippen LogP contribution in [0.4, 0.5) is 50.3 Å². The van der Waals surface area contributed by atoms with Gasteiger partial charge in [-0.1, -0.05) is 60.7 Å². The molecule has 0 aromatic heterocycles. The molecule has 6 heteroatoms. The van der Waals surface area contributed by atoms with Gasteiger partial charge < -0.3 is 14.5 Å². The fourth-order valence-corrected chi connectivity index (χ4v) is 7.50. The predicted octanol–water partition coefficient (Wildman–Crippen LogP) is 6.89. The topological polar surface area (TPSA) is 36.0 Å². The van der Waals surface area contributed by atoms with Gasteiger partial charge >= 0.3 is 6.09 Å². The maximum atomic E-state index is 13.9. The molecular weight excluding hydrogens is 505 g/mol. The Hall–Kier alpha value is -5.49. The zero-order chi connectivity index (χ0) is 26.8. The van der Waals surface area contributed by atoms with Crippen LogP contribution in [0.25, 0.3) is 10.8 Å². The Balaban J connectivity index is 1.42. The molecule has 1 amide bonds. The first-order chi connectivity index (χ1) is 20.3. The minimum atomic E-state index is -0.368. The number of hydrogen-bond acceptors (Lipinski definition) is 4. The largest absolute Gasteiger partial charge is 0.424 e. The van der Waals surface area contributed by atoms with Gasteiger partial charge in [-0.2, -0.15) is 0 Å². The lowest BCUT2D eigenvalue weighted by atomic mass is 9.31. The van der Waals surface area contributed by atoms with Gasteiger partial charge in [-0.05, 0) is 82.4 Å². The highest BCUT2D eigenvalue weighted by molar-refractivity contribution is 7.03. The van der Waals surface area contributed by atoms with Gasteiger partial charge in [-0.15, -0.1) is 0 Å². The van der Waals surface area contributed by atoms with Gasteiger partial charge in [-0.3, -0.25) is 0 Å². The number of nitrogens with zero attached hydrogens (tertiary/aromatic N) is 3. The molecule has 4 aliphatic rings. The van der Waals surface area contributed by atoms with E-state index < -0.39 is 0 Å². The van der Waals surface area contributed by atoms with Crippen LogP contribution in [-0.2, 0) is 0 Å². The standard InChI is InChI=1S/C35H20BN3O2/c40-35-39-27-18-9-16-25-32(27)36-31-24(37(25)22-11-3-1-4-12-22)15-8-17-26(31)38(23-13-5-2-6-14-23)28-20-21-10-7-19-29(41-35)30(21)34(39)33(28)36/h1-20H. The van der Waals surface area contributed by atoms with Crippen LogP contribution in [0.3, 0.4) is 0 Å². The molecule has 0 spiro atoms. The van der Waals surface area contributed by atoms with Gasteiger partial charge in [0.1, 0.15) is 5.75 Å². The number of benzene rings is 6. The highest BCUT2D eigenvalue weighted by Crippen LogP contribution is 2.52. The maximum absolute atomic E-state index is 13.9. The average Bonchev–Trinajstić information content (AvgIpc) is 3.02. The van der Waals surface area contributed by atoms with Crippen molar-refractivity contribution in [3.8, 4) is 5.75 Å². The summed E-state index contributed by atoms with van der Waals surface area (Å²) in [6.07, 6.45) is -0.368. The van der Waals surface area contributed by atoms with Crippen LogP contribution in [0, 0.1) is 0 Å². The molecule has 0 atom stereocenters. The van der Waals surface area contributed by atoms with Crippen molar-refractivity contribution in [2.24, 2.45) is 0 Å². The van der Waals surface area contributed by atoms with Crippen LogP contribution >= 0.6 is 0 Å². The summed E-state index contributed by atoms with van der Waals surface area (Å²) >= 11 is 0. The number of fused-ring (bicyclic) bond motifs is 1. The van der Waals surface area contributed by atoms with Crippen molar-refractivity contribution in [3.63, 3.8) is 0 Å². The fraction of sp³-hybridized carbons (Fsp3) is 0. The molecule has 0 saturated heterocycles. The van der Waals surface area contributed by atoms with Gasteiger partial charge in [0.25, 0.3) is 6.71 Å². The molecule has 0 saturated carbocycles. The van der Waals surface area contributed by atoms with Crippen LogP contribution < -0.4 is 35.8 Å². The summed E-state index contributed by atoms with van der Waals surface area (Å²) in [5, 5.41) is 2.04. The summed E-state index contributed by atoms with van der Waals surface area (Å²) in [5.74, 6) is 0.619. The molecular formula is C35H20BN3O2. The number of rotatable bonds is 2. The molecule has 4 aliphatic heterocycles. The molecule has 6 aromatic rings. The molecule has 0 aliphatic carbocycles. The molecule has 4 heterocycles. The summed E-state index contributed by atoms with van der Waals surface area (Å²) in [5.41, 5.74) is 12.0. The van der Waals surface area contributed by atoms with Crippen molar-refractivity contribution < 1.29 is 9.53 Å². The minimum Gasteiger partial charge on any atom is -0.409 e. The first kappa shape index (κ1) is 21.4. The van der Waals surface area contributed by atoms with E-state index >= 15 is 0 Å². The van der Waals surface area contributed by atoms with E-state index in [0.29, 0.717) is 5.75 Å². The summed E-state index contributed by atoms with van der Waals surface area (Å²) in [6.45, 7) is -0.0306. The lowest BCUT2D eigenvalue weighted by molar-refractivity contribution is 0.210. The van der Waals surface area contributed by atoms with E-state index in [9.17, 15) is 4.79 Å². The van der Waals surface area contributed by atoms with Crippen molar-refractivity contribution in [1.29, 1.82) is 0 Å². The van der Waals surface area contributed by atoms with E-state index in [2.05, 4.69) is 113 Å². The Morgan fingerprint density at radius 2 is 1.05 bits per heavy atom. The number of ether oxygens (including phenoxy) is 1. The molecule has 5 nitrogen and oxygen atoms in total. The normalized spacial score (nSPS) is 14.9. The van der Waals surface area contributed by atoms with Gasteiger partial charge in [0.05, 0.1) is 5.69 Å². The van der Waals surface area contributed by atoms with Crippen LogP contribution in [0.15, 0.2) is 121 Å². The van der Waals surface area contributed by atoms with Crippen molar-refractivity contribution >= 4 is 85.5 Å². The number of anilines is 8. The first-order valence-electron chi connectivity index (χ1n) is 13.9. The quantitative estimate of drug-likeness (QED) is 0.231. The van der Waals surface area contributed by atoms with Gasteiger partial charge in [-0.25, -0.2) is 9.69 Å².